The van der Waals surface area contributed by atoms with E-state index in [1.165, 1.54) is 48.4 Å². The second-order valence-corrected chi connectivity index (χ2v) is 6.47. The van der Waals surface area contributed by atoms with Gasteiger partial charge in [0, 0.05) is 18.2 Å². The molecule has 0 saturated heterocycles. The van der Waals surface area contributed by atoms with Gasteiger partial charge in [-0.1, -0.05) is 13.3 Å². The van der Waals surface area contributed by atoms with Crippen LogP contribution in [0.15, 0.2) is 36.4 Å². The fraction of sp³-hybridized carbons (Fsp3) is 0.250. The summed E-state index contributed by atoms with van der Waals surface area (Å²) < 4.78 is 5.11. The Morgan fingerprint density at radius 2 is 1.86 bits per heavy atom. The third-order valence-electron chi connectivity index (χ3n) is 4.61. The average Bonchev–Trinajstić information content (AvgIpc) is 2.96. The molecule has 0 aliphatic carbocycles. The smallest absolute Gasteiger partial charge is 0.273 e. The lowest BCUT2D eigenvalue weighted by Gasteiger charge is -2.12. The molecule has 29 heavy (non-hydrogen) atoms. The molecular weight excluding hydrogens is 378 g/mol. The van der Waals surface area contributed by atoms with Crippen LogP contribution >= 0.6 is 0 Å². The number of rotatable bonds is 7. The van der Waals surface area contributed by atoms with E-state index in [2.05, 4.69) is 5.32 Å². The molecule has 150 valence electrons. The van der Waals surface area contributed by atoms with Crippen molar-refractivity contribution in [3.8, 4) is 5.75 Å². The zero-order valence-corrected chi connectivity index (χ0v) is 15.9. The zero-order valence-electron chi connectivity index (χ0n) is 15.9. The first-order valence-corrected chi connectivity index (χ1v) is 9.01. The van der Waals surface area contributed by atoms with Gasteiger partial charge in [0.1, 0.15) is 5.75 Å². The van der Waals surface area contributed by atoms with Crippen molar-refractivity contribution in [1.82, 2.24) is 4.90 Å². The van der Waals surface area contributed by atoms with Gasteiger partial charge in [-0.15, -0.1) is 0 Å². The van der Waals surface area contributed by atoms with Crippen LogP contribution in [0.5, 0.6) is 5.75 Å². The number of non-ortho nitro benzene ring substituents is 1. The number of anilines is 1. The first-order valence-electron chi connectivity index (χ1n) is 9.01. The van der Waals surface area contributed by atoms with Crippen LogP contribution in [0.3, 0.4) is 0 Å². The molecule has 0 spiro atoms. The minimum absolute atomic E-state index is 0.130. The van der Waals surface area contributed by atoms with Gasteiger partial charge in [0.05, 0.1) is 34.9 Å². The average molecular weight is 397 g/mol. The summed E-state index contributed by atoms with van der Waals surface area (Å²) in [5, 5.41) is 13.5. The third kappa shape index (κ3) is 3.79. The molecule has 9 nitrogen and oxygen atoms in total. The van der Waals surface area contributed by atoms with Crippen LogP contribution in [0, 0.1) is 10.1 Å². The number of fused-ring (bicyclic) bond motifs is 1. The number of carbonyl (C=O) groups is 3. The number of imide groups is 1. The summed E-state index contributed by atoms with van der Waals surface area (Å²) in [6, 6.07) is 8.11. The van der Waals surface area contributed by atoms with E-state index in [9.17, 15) is 24.5 Å². The predicted molar refractivity (Wildman–Crippen MR) is 104 cm³/mol. The van der Waals surface area contributed by atoms with Crippen molar-refractivity contribution in [3.63, 3.8) is 0 Å². The fourth-order valence-electron chi connectivity index (χ4n) is 3.04. The normalized spacial score (nSPS) is 12.7. The topological polar surface area (TPSA) is 119 Å². The van der Waals surface area contributed by atoms with Gasteiger partial charge in [-0.3, -0.25) is 29.4 Å². The number of hydrogen-bond donors (Lipinski definition) is 1. The maximum absolute atomic E-state index is 12.6. The van der Waals surface area contributed by atoms with Gasteiger partial charge in [0.15, 0.2) is 0 Å². The van der Waals surface area contributed by atoms with E-state index >= 15 is 0 Å². The van der Waals surface area contributed by atoms with Crippen molar-refractivity contribution < 1.29 is 24.0 Å². The molecule has 0 bridgehead atoms. The van der Waals surface area contributed by atoms with Gasteiger partial charge >= 0.3 is 0 Å². The summed E-state index contributed by atoms with van der Waals surface area (Å²) in [6.45, 7) is 2.30. The number of nitrogens with one attached hydrogen (secondary N) is 1. The van der Waals surface area contributed by atoms with E-state index in [0.717, 1.165) is 6.42 Å². The van der Waals surface area contributed by atoms with E-state index in [4.69, 9.17) is 4.74 Å². The van der Waals surface area contributed by atoms with Gasteiger partial charge in [0.2, 0.25) is 0 Å². The quantitative estimate of drug-likeness (QED) is 0.435. The van der Waals surface area contributed by atoms with Gasteiger partial charge in [-0.2, -0.15) is 0 Å². The first-order chi connectivity index (χ1) is 13.9. The number of nitro benzene ring substituents is 1. The minimum Gasteiger partial charge on any atom is -0.494 e. The lowest BCUT2D eigenvalue weighted by atomic mass is 10.1. The molecule has 0 unspecified atom stereocenters. The molecule has 0 aromatic heterocycles. The fourth-order valence-corrected chi connectivity index (χ4v) is 3.04. The monoisotopic (exact) mass is 397 g/mol. The Labute approximate surface area is 166 Å². The maximum Gasteiger partial charge on any atom is 0.273 e. The highest BCUT2D eigenvalue weighted by Gasteiger charge is 2.35. The van der Waals surface area contributed by atoms with Crippen molar-refractivity contribution in [1.29, 1.82) is 0 Å². The summed E-state index contributed by atoms with van der Waals surface area (Å²) in [6.07, 6.45) is 1.55. The SMILES string of the molecule is CCCCN1C(=O)c2ccc(C(=O)Nc3ccc([N+](=O)[O-])cc3OC)cc2C1=O. The highest BCUT2D eigenvalue weighted by atomic mass is 16.6. The lowest BCUT2D eigenvalue weighted by Crippen LogP contribution is -2.30. The third-order valence-corrected chi connectivity index (χ3v) is 4.61. The number of nitrogens with zero attached hydrogens (tertiary/aromatic N) is 2. The lowest BCUT2D eigenvalue weighted by molar-refractivity contribution is -0.384. The largest absolute Gasteiger partial charge is 0.494 e. The number of unbranched alkanes of at least 4 members (excludes halogenated alkanes) is 1. The Balaban J connectivity index is 1.84. The van der Waals surface area contributed by atoms with Crippen molar-refractivity contribution in [2.45, 2.75) is 19.8 Å². The molecule has 1 aliphatic rings. The number of methoxy groups -OCH3 is 1. The van der Waals surface area contributed by atoms with Crippen LogP contribution in [0.25, 0.3) is 0 Å². The molecule has 2 aromatic carbocycles. The molecule has 1 heterocycles. The van der Waals surface area contributed by atoms with E-state index in [1.807, 2.05) is 6.92 Å². The highest BCUT2D eigenvalue weighted by Crippen LogP contribution is 2.30. The van der Waals surface area contributed by atoms with Gasteiger partial charge in [-0.25, -0.2) is 0 Å². The number of ether oxygens (including phenoxy) is 1. The van der Waals surface area contributed by atoms with E-state index in [-0.39, 0.29) is 39.7 Å². The molecule has 0 saturated carbocycles. The zero-order chi connectivity index (χ0) is 21.1. The van der Waals surface area contributed by atoms with E-state index in [1.54, 1.807) is 0 Å². The van der Waals surface area contributed by atoms with Gasteiger partial charge in [0.25, 0.3) is 23.4 Å². The summed E-state index contributed by atoms with van der Waals surface area (Å²) in [7, 11) is 1.33. The van der Waals surface area contributed by atoms with Crippen LogP contribution in [0.2, 0.25) is 0 Å². The molecule has 0 radical (unpaired) electrons. The van der Waals surface area contributed by atoms with Crippen LogP contribution in [-0.2, 0) is 0 Å². The number of benzene rings is 2. The Morgan fingerprint density at radius 1 is 1.14 bits per heavy atom. The summed E-state index contributed by atoms with van der Waals surface area (Å²) >= 11 is 0. The van der Waals surface area contributed by atoms with Crippen molar-refractivity contribution in [3.05, 3.63) is 63.2 Å². The first kappa shape index (κ1) is 20.0. The second kappa shape index (κ2) is 8.09. The van der Waals surface area contributed by atoms with E-state index < -0.39 is 16.7 Å². The van der Waals surface area contributed by atoms with Crippen molar-refractivity contribution >= 4 is 29.1 Å². The summed E-state index contributed by atoms with van der Waals surface area (Å²) in [5.41, 5.74) is 0.719. The molecule has 3 amide bonds. The molecular formula is C20H19N3O6. The van der Waals surface area contributed by atoms with Gasteiger partial charge < -0.3 is 10.1 Å². The van der Waals surface area contributed by atoms with Crippen LogP contribution in [-0.4, -0.2) is 41.2 Å². The second-order valence-electron chi connectivity index (χ2n) is 6.47. The van der Waals surface area contributed by atoms with E-state index in [0.29, 0.717) is 13.0 Å². The molecule has 1 N–H and O–H groups in total. The Morgan fingerprint density at radius 3 is 2.52 bits per heavy atom. The molecule has 0 atom stereocenters. The number of amides is 3. The number of nitro groups is 1. The molecule has 1 aliphatic heterocycles. The van der Waals surface area contributed by atoms with Gasteiger partial charge in [-0.05, 0) is 30.7 Å². The Kier molecular flexibility index (Phi) is 5.58. The minimum atomic E-state index is -0.568. The molecule has 0 fully saturated rings. The standard InChI is InChI=1S/C20H19N3O6/c1-3-4-9-22-19(25)14-7-5-12(10-15(14)20(22)26)18(24)21-16-8-6-13(23(27)28)11-17(16)29-2/h5-8,10-11H,3-4,9H2,1-2H3,(H,21,24). The van der Waals surface area contributed by atoms with Crippen LogP contribution in [0.4, 0.5) is 11.4 Å². The van der Waals surface area contributed by atoms with Crippen LogP contribution in [0.1, 0.15) is 50.8 Å². The molecule has 2 aromatic rings. The predicted octanol–water partition coefficient (Wildman–Crippen LogP) is 3.25. The summed E-state index contributed by atoms with van der Waals surface area (Å²) in [4.78, 5) is 49.1. The molecule has 9 heteroatoms. The Hall–Kier alpha value is -3.75. The summed E-state index contributed by atoms with van der Waals surface area (Å²) in [5.74, 6) is -1.18. The number of hydrogen-bond acceptors (Lipinski definition) is 6. The maximum atomic E-state index is 12.6. The van der Waals surface area contributed by atoms with Crippen molar-refractivity contribution in [2.24, 2.45) is 0 Å². The van der Waals surface area contributed by atoms with Crippen molar-refractivity contribution in [2.75, 3.05) is 19.0 Å². The Bertz CT molecular complexity index is 1020. The van der Waals surface area contributed by atoms with Crippen LogP contribution < -0.4 is 10.1 Å². The molecule has 3 rings (SSSR count). The highest BCUT2D eigenvalue weighted by molar-refractivity contribution is 6.22. The number of carbonyl (C=O) groups excluding carboxylic acids is 3.